The molecule has 0 aliphatic rings. The first-order valence-corrected chi connectivity index (χ1v) is 9.68. The molecule has 0 atom stereocenters. The van der Waals surface area contributed by atoms with Gasteiger partial charge in [-0.3, -0.25) is 0 Å². The zero-order valence-corrected chi connectivity index (χ0v) is 14.4. The molecule has 0 rings (SSSR count). The zero-order valence-electron chi connectivity index (χ0n) is 13.6. The van der Waals surface area contributed by atoms with Gasteiger partial charge in [-0.15, -0.1) is 0 Å². The maximum Gasteiger partial charge on any atom is 0.0431 e. The van der Waals surface area contributed by atoms with Gasteiger partial charge in [-0.05, 0) is 12.8 Å². The van der Waals surface area contributed by atoms with E-state index in [0.29, 0.717) is 6.61 Å². The summed E-state index contributed by atoms with van der Waals surface area (Å²) in [6.45, 7) is 0.369. The predicted molar refractivity (Wildman–Crippen MR) is 93.4 cm³/mol. The molecule has 0 spiro atoms. The fraction of sp³-hybridized carbons (Fsp3) is 1.00. The largest absolute Gasteiger partial charge is 0.396 e. The third-order valence-electron chi connectivity index (χ3n) is 4.05. The molecule has 20 heavy (non-hydrogen) atoms. The van der Waals surface area contributed by atoms with E-state index in [1.165, 1.54) is 96.3 Å². The van der Waals surface area contributed by atoms with Crippen LogP contribution >= 0.6 is 12.6 Å². The molecule has 1 nitrogen and oxygen atoms in total. The molecule has 0 bridgehead atoms. The average Bonchev–Trinajstić information content (AvgIpc) is 2.47. The third-order valence-corrected chi connectivity index (χ3v) is 4.34. The molecular formula is C18H37OS. The van der Waals surface area contributed by atoms with Gasteiger partial charge in [-0.25, -0.2) is 0 Å². The monoisotopic (exact) mass is 301 g/mol. The van der Waals surface area contributed by atoms with Gasteiger partial charge in [0.2, 0.25) is 0 Å². The lowest BCUT2D eigenvalue weighted by Crippen LogP contribution is -1.85. The second kappa shape index (κ2) is 19.3. The van der Waals surface area contributed by atoms with E-state index < -0.39 is 0 Å². The highest BCUT2D eigenvalue weighted by atomic mass is 32.1. The van der Waals surface area contributed by atoms with Crippen molar-refractivity contribution in [2.45, 2.75) is 103 Å². The molecule has 1 N–H and O–H groups in total. The van der Waals surface area contributed by atoms with Crippen molar-refractivity contribution in [2.24, 2.45) is 0 Å². The molecule has 0 heterocycles. The summed E-state index contributed by atoms with van der Waals surface area (Å²) in [5, 5.41) is 8.68. The van der Waals surface area contributed by atoms with Gasteiger partial charge in [0.25, 0.3) is 0 Å². The van der Waals surface area contributed by atoms with E-state index in [1.54, 1.807) is 0 Å². The van der Waals surface area contributed by atoms with Crippen molar-refractivity contribution in [1.29, 1.82) is 0 Å². The molecule has 0 saturated heterocycles. The topological polar surface area (TPSA) is 20.2 Å². The molecule has 121 valence electrons. The number of hydrogen-bond acceptors (Lipinski definition) is 1. The summed E-state index contributed by atoms with van der Waals surface area (Å²) in [5.41, 5.74) is 0. The molecule has 0 fully saturated rings. The van der Waals surface area contributed by atoms with Crippen molar-refractivity contribution < 1.29 is 5.11 Å². The normalized spacial score (nSPS) is 11.1. The highest BCUT2D eigenvalue weighted by molar-refractivity contribution is 7.80. The first-order chi connectivity index (χ1) is 9.91. The van der Waals surface area contributed by atoms with Gasteiger partial charge in [0.05, 0.1) is 0 Å². The van der Waals surface area contributed by atoms with Gasteiger partial charge < -0.3 is 5.11 Å². The van der Waals surface area contributed by atoms with Gasteiger partial charge in [-0.2, -0.15) is 0 Å². The zero-order chi connectivity index (χ0) is 14.7. The lowest BCUT2D eigenvalue weighted by Gasteiger charge is -2.03. The van der Waals surface area contributed by atoms with Crippen LogP contribution in [0, 0.1) is 0 Å². The molecule has 0 unspecified atom stereocenters. The molecule has 0 aromatic heterocycles. The van der Waals surface area contributed by atoms with Crippen molar-refractivity contribution in [3.63, 3.8) is 0 Å². The molecule has 0 aromatic carbocycles. The Labute approximate surface area is 133 Å². The van der Waals surface area contributed by atoms with Crippen LogP contribution in [-0.4, -0.2) is 17.5 Å². The van der Waals surface area contributed by atoms with E-state index in [4.69, 9.17) is 17.7 Å². The molecule has 0 aromatic rings. The smallest absolute Gasteiger partial charge is 0.0431 e. The van der Waals surface area contributed by atoms with E-state index in [1.807, 2.05) is 0 Å². The molecule has 0 saturated carbocycles. The minimum atomic E-state index is 0.369. The van der Waals surface area contributed by atoms with Crippen LogP contribution in [0.25, 0.3) is 0 Å². The van der Waals surface area contributed by atoms with Crippen LogP contribution in [0.3, 0.4) is 0 Å². The minimum Gasteiger partial charge on any atom is -0.396 e. The summed E-state index contributed by atoms with van der Waals surface area (Å²) >= 11 is 4.95. The Bertz CT molecular complexity index is 143. The summed E-state index contributed by atoms with van der Waals surface area (Å²) in [6, 6.07) is 0. The minimum absolute atomic E-state index is 0.369. The first kappa shape index (κ1) is 20.3. The van der Waals surface area contributed by atoms with E-state index in [-0.39, 0.29) is 0 Å². The summed E-state index contributed by atoms with van der Waals surface area (Å²) in [7, 11) is 0. The van der Waals surface area contributed by atoms with Gasteiger partial charge in [0.15, 0.2) is 0 Å². The summed E-state index contributed by atoms with van der Waals surface area (Å²) in [4.78, 5) is 0. The SMILES string of the molecule is OCCCCCCCCCCCCCCCCCC[S]. The average molecular weight is 302 g/mol. The van der Waals surface area contributed by atoms with Gasteiger partial charge in [0, 0.05) is 12.4 Å². The fourth-order valence-electron chi connectivity index (χ4n) is 2.69. The number of aliphatic hydroxyl groups excluding tert-OH is 1. The van der Waals surface area contributed by atoms with Gasteiger partial charge >= 0.3 is 0 Å². The van der Waals surface area contributed by atoms with E-state index in [2.05, 4.69) is 0 Å². The van der Waals surface area contributed by atoms with Crippen LogP contribution in [0.1, 0.15) is 103 Å². The predicted octanol–water partition coefficient (Wildman–Crippen LogP) is 6.42. The van der Waals surface area contributed by atoms with E-state index in [0.717, 1.165) is 12.2 Å². The van der Waals surface area contributed by atoms with E-state index in [9.17, 15) is 0 Å². The first-order valence-electron chi connectivity index (χ1n) is 9.10. The van der Waals surface area contributed by atoms with Crippen molar-refractivity contribution in [3.8, 4) is 0 Å². The molecular weight excluding hydrogens is 264 g/mol. The Kier molecular flexibility index (Phi) is 19.6. The Hall–Kier alpha value is 0.310. The fourth-order valence-corrected chi connectivity index (χ4v) is 2.89. The number of rotatable bonds is 17. The Morgan fingerprint density at radius 3 is 0.900 bits per heavy atom. The Morgan fingerprint density at radius 2 is 0.650 bits per heavy atom. The highest BCUT2D eigenvalue weighted by Gasteiger charge is 1.94. The van der Waals surface area contributed by atoms with Crippen molar-refractivity contribution >= 4 is 12.6 Å². The van der Waals surface area contributed by atoms with Gasteiger partial charge in [0.1, 0.15) is 0 Å². The van der Waals surface area contributed by atoms with E-state index >= 15 is 0 Å². The van der Waals surface area contributed by atoms with Gasteiger partial charge in [-0.1, -0.05) is 103 Å². The second-order valence-electron chi connectivity index (χ2n) is 6.08. The maximum atomic E-state index is 8.68. The third kappa shape index (κ3) is 18.3. The summed E-state index contributed by atoms with van der Waals surface area (Å²) in [5.74, 6) is 0.946. The number of unbranched alkanes of at least 4 members (excludes halogenated alkanes) is 15. The van der Waals surface area contributed by atoms with Crippen LogP contribution in [0.4, 0.5) is 0 Å². The van der Waals surface area contributed by atoms with Crippen LogP contribution in [0.5, 0.6) is 0 Å². The van der Waals surface area contributed by atoms with Crippen molar-refractivity contribution in [3.05, 3.63) is 0 Å². The Morgan fingerprint density at radius 1 is 0.400 bits per heavy atom. The summed E-state index contributed by atoms with van der Waals surface area (Å²) in [6.07, 6.45) is 21.7. The lowest BCUT2D eigenvalue weighted by atomic mass is 10.0. The quantitative estimate of drug-likeness (QED) is 0.307. The lowest BCUT2D eigenvalue weighted by molar-refractivity contribution is 0.282. The van der Waals surface area contributed by atoms with Crippen LogP contribution < -0.4 is 0 Å². The standard InChI is InChI=1S/C18H37OS/c19-17-15-13-11-9-7-5-3-1-2-4-6-8-10-12-14-16-18-20/h19H,1-18H2. The van der Waals surface area contributed by atoms with Crippen molar-refractivity contribution in [2.75, 3.05) is 12.4 Å². The van der Waals surface area contributed by atoms with Crippen LogP contribution in [-0.2, 0) is 0 Å². The number of hydrogen-bond donors (Lipinski definition) is 1. The van der Waals surface area contributed by atoms with Crippen LogP contribution in [0.15, 0.2) is 0 Å². The molecule has 1 radical (unpaired) electrons. The number of aliphatic hydroxyl groups is 1. The Balaban J connectivity index is 2.89. The maximum absolute atomic E-state index is 8.68. The summed E-state index contributed by atoms with van der Waals surface area (Å²) < 4.78 is 0. The van der Waals surface area contributed by atoms with Crippen molar-refractivity contribution in [1.82, 2.24) is 0 Å². The molecule has 0 aliphatic carbocycles. The molecule has 0 aliphatic heterocycles. The molecule has 0 amide bonds. The second-order valence-corrected chi connectivity index (χ2v) is 6.49. The highest BCUT2D eigenvalue weighted by Crippen LogP contribution is 2.13. The van der Waals surface area contributed by atoms with Crippen LogP contribution in [0.2, 0.25) is 0 Å². The molecule has 2 heteroatoms.